The largest absolute Gasteiger partial charge is 0.469 e. The van der Waals surface area contributed by atoms with E-state index in [9.17, 15) is 22.8 Å². The van der Waals surface area contributed by atoms with Crippen LogP contribution in [0.3, 0.4) is 0 Å². The zero-order valence-corrected chi connectivity index (χ0v) is 11.1. The smallest absolute Gasteiger partial charge is 0.439 e. The first-order valence-electron chi connectivity index (χ1n) is 5.89. The lowest BCUT2D eigenvalue weighted by Crippen LogP contribution is -2.15. The first kappa shape index (κ1) is 15.5. The molecule has 0 bridgehead atoms. The summed E-state index contributed by atoms with van der Waals surface area (Å²) in [6, 6.07) is 5.76. The van der Waals surface area contributed by atoms with Crippen LogP contribution in [0.5, 0.6) is 5.75 Å². The Balaban J connectivity index is 2.19. The number of hydrogen-bond acceptors (Lipinski definition) is 5. The SMILES string of the molecule is CC(=O)Oc1ccccc1C(=O)Nc1coc(C(F)(F)F)n1. The zero-order chi connectivity index (χ0) is 16.3. The van der Waals surface area contributed by atoms with Gasteiger partial charge in [0, 0.05) is 6.92 Å². The molecule has 6 nitrogen and oxygen atoms in total. The number of ether oxygens (including phenoxy) is 1. The number of para-hydroxylation sites is 1. The Morgan fingerprint density at radius 3 is 2.55 bits per heavy atom. The van der Waals surface area contributed by atoms with Crippen LogP contribution in [0.4, 0.5) is 19.0 Å². The number of anilines is 1. The molecule has 2 rings (SSSR count). The minimum absolute atomic E-state index is 0.0213. The molecule has 0 atom stereocenters. The molecule has 2 aromatic rings. The van der Waals surface area contributed by atoms with Crippen molar-refractivity contribution in [3.05, 3.63) is 42.0 Å². The second kappa shape index (κ2) is 5.88. The third-order valence-corrected chi connectivity index (χ3v) is 2.37. The van der Waals surface area contributed by atoms with Gasteiger partial charge in [0.1, 0.15) is 12.0 Å². The third kappa shape index (κ3) is 3.62. The van der Waals surface area contributed by atoms with Crippen molar-refractivity contribution in [1.29, 1.82) is 0 Å². The van der Waals surface area contributed by atoms with E-state index in [4.69, 9.17) is 4.74 Å². The van der Waals surface area contributed by atoms with Crippen LogP contribution in [0.15, 0.2) is 34.9 Å². The van der Waals surface area contributed by atoms with Crippen LogP contribution in [0.2, 0.25) is 0 Å². The van der Waals surface area contributed by atoms with Crippen LogP contribution in [-0.4, -0.2) is 16.9 Å². The molecule has 0 saturated carbocycles. The number of rotatable bonds is 3. The van der Waals surface area contributed by atoms with E-state index in [0.717, 1.165) is 6.92 Å². The second-order valence-corrected chi connectivity index (χ2v) is 4.08. The number of carbonyl (C=O) groups is 2. The molecule has 0 radical (unpaired) electrons. The minimum Gasteiger partial charge on any atom is -0.439 e. The van der Waals surface area contributed by atoms with Gasteiger partial charge in [0.2, 0.25) is 0 Å². The maximum atomic E-state index is 12.3. The molecule has 1 aromatic carbocycles. The summed E-state index contributed by atoms with van der Waals surface area (Å²) in [5.74, 6) is -3.34. The number of halogens is 3. The molecule has 9 heteroatoms. The molecule has 0 saturated heterocycles. The second-order valence-electron chi connectivity index (χ2n) is 4.08. The van der Waals surface area contributed by atoms with Gasteiger partial charge >= 0.3 is 18.0 Å². The fraction of sp³-hybridized carbons (Fsp3) is 0.154. The number of alkyl halides is 3. The van der Waals surface area contributed by atoms with Gasteiger partial charge in [0.05, 0.1) is 5.56 Å². The number of amides is 1. The van der Waals surface area contributed by atoms with Gasteiger partial charge in [0.25, 0.3) is 5.91 Å². The van der Waals surface area contributed by atoms with Crippen molar-refractivity contribution >= 4 is 17.7 Å². The summed E-state index contributed by atoms with van der Waals surface area (Å²) in [6.45, 7) is 1.15. The zero-order valence-electron chi connectivity index (χ0n) is 11.1. The van der Waals surface area contributed by atoms with Crippen molar-refractivity contribution in [2.75, 3.05) is 5.32 Å². The summed E-state index contributed by atoms with van der Waals surface area (Å²) in [5.41, 5.74) is -0.0331. The van der Waals surface area contributed by atoms with Crippen molar-refractivity contribution in [2.45, 2.75) is 13.1 Å². The van der Waals surface area contributed by atoms with Crippen molar-refractivity contribution in [1.82, 2.24) is 4.98 Å². The van der Waals surface area contributed by atoms with Gasteiger partial charge in [-0.25, -0.2) is 0 Å². The van der Waals surface area contributed by atoms with Gasteiger partial charge in [-0.2, -0.15) is 18.2 Å². The maximum Gasteiger partial charge on any atom is 0.469 e. The van der Waals surface area contributed by atoms with Crippen LogP contribution >= 0.6 is 0 Å². The molecular weight excluding hydrogens is 305 g/mol. The molecule has 0 aliphatic heterocycles. The van der Waals surface area contributed by atoms with Crippen molar-refractivity contribution < 1.29 is 31.9 Å². The first-order valence-corrected chi connectivity index (χ1v) is 5.89. The van der Waals surface area contributed by atoms with Gasteiger partial charge < -0.3 is 14.5 Å². The Morgan fingerprint density at radius 2 is 1.95 bits per heavy atom. The van der Waals surface area contributed by atoms with Gasteiger partial charge in [-0.3, -0.25) is 9.59 Å². The van der Waals surface area contributed by atoms with E-state index in [-0.39, 0.29) is 11.3 Å². The van der Waals surface area contributed by atoms with E-state index in [2.05, 4.69) is 14.7 Å². The van der Waals surface area contributed by atoms with E-state index in [1.165, 1.54) is 24.3 Å². The molecule has 0 fully saturated rings. The van der Waals surface area contributed by atoms with Gasteiger partial charge in [-0.15, -0.1) is 0 Å². The summed E-state index contributed by atoms with van der Waals surface area (Å²) < 4.78 is 46.1. The van der Waals surface area contributed by atoms with E-state index in [1.807, 2.05) is 0 Å². The number of aromatic nitrogens is 1. The molecule has 0 aliphatic carbocycles. The molecular formula is C13H9F3N2O4. The number of nitrogens with one attached hydrogen (secondary N) is 1. The van der Waals surface area contributed by atoms with Crippen molar-refractivity contribution in [3.63, 3.8) is 0 Å². The monoisotopic (exact) mass is 314 g/mol. The summed E-state index contributed by atoms with van der Waals surface area (Å²) in [6.07, 6.45) is -4.09. The maximum absolute atomic E-state index is 12.3. The Bertz CT molecular complexity index is 709. The predicted octanol–water partition coefficient (Wildman–Crippen LogP) is 2.87. The lowest BCUT2D eigenvalue weighted by Gasteiger charge is -2.07. The average molecular weight is 314 g/mol. The molecule has 1 heterocycles. The molecule has 1 N–H and O–H groups in total. The van der Waals surface area contributed by atoms with E-state index < -0.39 is 29.8 Å². The highest BCUT2D eigenvalue weighted by Crippen LogP contribution is 2.29. The number of benzene rings is 1. The molecule has 0 aliphatic rings. The summed E-state index contributed by atoms with van der Waals surface area (Å²) in [5, 5.41) is 2.13. The number of nitrogens with zero attached hydrogens (tertiary/aromatic N) is 1. The summed E-state index contributed by atoms with van der Waals surface area (Å²) in [7, 11) is 0. The van der Waals surface area contributed by atoms with Crippen LogP contribution in [0.25, 0.3) is 0 Å². The van der Waals surface area contributed by atoms with Crippen LogP contribution < -0.4 is 10.1 Å². The molecule has 116 valence electrons. The molecule has 0 spiro atoms. The number of hydrogen-bond donors (Lipinski definition) is 1. The summed E-state index contributed by atoms with van der Waals surface area (Å²) >= 11 is 0. The average Bonchev–Trinajstić information content (AvgIpc) is 2.87. The highest BCUT2D eigenvalue weighted by atomic mass is 19.4. The van der Waals surface area contributed by atoms with Crippen LogP contribution in [0.1, 0.15) is 23.2 Å². The Morgan fingerprint density at radius 1 is 1.27 bits per heavy atom. The lowest BCUT2D eigenvalue weighted by atomic mass is 10.2. The normalized spacial score (nSPS) is 11.1. The van der Waals surface area contributed by atoms with E-state index >= 15 is 0 Å². The van der Waals surface area contributed by atoms with Crippen LogP contribution in [0, 0.1) is 0 Å². The van der Waals surface area contributed by atoms with Crippen molar-refractivity contribution in [2.24, 2.45) is 0 Å². The molecule has 1 amide bonds. The number of carbonyl (C=O) groups excluding carboxylic acids is 2. The van der Waals surface area contributed by atoms with Crippen LogP contribution in [-0.2, 0) is 11.0 Å². The quantitative estimate of drug-likeness (QED) is 0.696. The Kier molecular flexibility index (Phi) is 4.15. The van der Waals surface area contributed by atoms with E-state index in [1.54, 1.807) is 0 Å². The van der Waals surface area contributed by atoms with Gasteiger partial charge in [-0.05, 0) is 12.1 Å². The first-order chi connectivity index (χ1) is 10.3. The molecule has 1 aromatic heterocycles. The Hall–Kier alpha value is -2.84. The third-order valence-electron chi connectivity index (χ3n) is 2.37. The van der Waals surface area contributed by atoms with Gasteiger partial charge in [-0.1, -0.05) is 12.1 Å². The molecule has 22 heavy (non-hydrogen) atoms. The fourth-order valence-corrected chi connectivity index (χ4v) is 1.54. The molecule has 0 unspecified atom stereocenters. The highest BCUT2D eigenvalue weighted by molar-refractivity contribution is 6.06. The standard InChI is InChI=1S/C13H9F3N2O4/c1-7(19)22-9-5-3-2-4-8(9)11(20)17-10-6-21-12(18-10)13(14,15)16/h2-6H,1H3,(H,17,20). The van der Waals surface area contributed by atoms with E-state index in [0.29, 0.717) is 6.26 Å². The minimum atomic E-state index is -4.75. The van der Waals surface area contributed by atoms with Crippen molar-refractivity contribution in [3.8, 4) is 5.75 Å². The fourth-order valence-electron chi connectivity index (χ4n) is 1.54. The predicted molar refractivity (Wildman–Crippen MR) is 67.2 cm³/mol. The topological polar surface area (TPSA) is 81.4 Å². The number of esters is 1. The highest BCUT2D eigenvalue weighted by Gasteiger charge is 2.37. The summed E-state index contributed by atoms with van der Waals surface area (Å²) in [4.78, 5) is 26.1. The number of oxazole rings is 1. The Labute approximate surface area is 121 Å². The van der Waals surface area contributed by atoms with Gasteiger partial charge in [0.15, 0.2) is 5.82 Å². The lowest BCUT2D eigenvalue weighted by molar-refractivity contribution is -0.157.